The highest BCUT2D eigenvalue weighted by Crippen LogP contribution is 2.39. The third kappa shape index (κ3) is 3.23. The van der Waals surface area contributed by atoms with E-state index >= 15 is 0 Å². The largest absolute Gasteiger partial charge is 0.497 e. The summed E-state index contributed by atoms with van der Waals surface area (Å²) in [4.78, 5) is 22.4. The van der Waals surface area contributed by atoms with E-state index in [1.165, 1.54) is 25.3 Å². The molecule has 0 atom stereocenters. The van der Waals surface area contributed by atoms with E-state index in [2.05, 4.69) is 0 Å². The van der Waals surface area contributed by atoms with Crippen LogP contribution in [0.25, 0.3) is 11.6 Å². The van der Waals surface area contributed by atoms with E-state index in [0.29, 0.717) is 17.1 Å². The number of nitrogens with zero attached hydrogens (tertiary/aromatic N) is 1. The van der Waals surface area contributed by atoms with Gasteiger partial charge in [0.2, 0.25) is 6.79 Å². The maximum Gasteiger partial charge on any atom is 0.336 e. The van der Waals surface area contributed by atoms with Gasteiger partial charge in [0.1, 0.15) is 5.75 Å². The van der Waals surface area contributed by atoms with Gasteiger partial charge in [0.25, 0.3) is 5.69 Å². The fourth-order valence-corrected chi connectivity index (χ4v) is 2.42. The van der Waals surface area contributed by atoms with E-state index in [9.17, 15) is 20.0 Å². The van der Waals surface area contributed by atoms with Gasteiger partial charge >= 0.3 is 5.97 Å². The monoisotopic (exact) mass is 343 g/mol. The van der Waals surface area contributed by atoms with Gasteiger partial charge in [-0.1, -0.05) is 12.1 Å². The minimum atomic E-state index is -1.21. The smallest absolute Gasteiger partial charge is 0.336 e. The summed E-state index contributed by atoms with van der Waals surface area (Å²) < 4.78 is 15.4. The Morgan fingerprint density at radius 3 is 2.44 bits per heavy atom. The number of hydrogen-bond acceptors (Lipinski definition) is 6. The van der Waals surface area contributed by atoms with Crippen molar-refractivity contribution in [2.24, 2.45) is 0 Å². The van der Waals surface area contributed by atoms with Gasteiger partial charge in [0.15, 0.2) is 11.5 Å². The molecule has 1 aliphatic heterocycles. The normalized spacial score (nSPS) is 12.8. The molecule has 1 heterocycles. The van der Waals surface area contributed by atoms with Crippen LogP contribution in [-0.4, -0.2) is 29.9 Å². The molecule has 0 saturated carbocycles. The Morgan fingerprint density at radius 2 is 1.88 bits per heavy atom. The molecule has 0 aromatic heterocycles. The molecule has 0 fully saturated rings. The molecular formula is C17H13NO7. The molecule has 1 N–H and O–H groups in total. The highest BCUT2D eigenvalue weighted by Gasteiger charge is 2.23. The van der Waals surface area contributed by atoms with Crippen molar-refractivity contribution >= 4 is 23.3 Å². The predicted octanol–water partition coefficient (Wildman–Crippen LogP) is 2.96. The number of fused-ring (bicyclic) bond motifs is 1. The number of ether oxygens (including phenoxy) is 3. The van der Waals surface area contributed by atoms with Gasteiger partial charge in [-0.25, -0.2) is 4.79 Å². The Bertz CT molecular complexity index is 871. The molecule has 3 rings (SSSR count). The molecule has 0 amide bonds. The van der Waals surface area contributed by atoms with Crippen LogP contribution in [0.1, 0.15) is 11.1 Å². The van der Waals surface area contributed by atoms with E-state index in [0.717, 1.165) is 0 Å². The fraction of sp³-hybridized carbons (Fsp3) is 0.118. The van der Waals surface area contributed by atoms with Crippen molar-refractivity contribution in [3.05, 3.63) is 57.6 Å². The van der Waals surface area contributed by atoms with Gasteiger partial charge in [-0.05, 0) is 29.8 Å². The molecule has 1 aliphatic rings. The Balaban J connectivity index is 2.11. The second kappa shape index (κ2) is 6.52. The number of methoxy groups -OCH3 is 1. The number of hydrogen-bond donors (Lipinski definition) is 1. The zero-order valence-electron chi connectivity index (χ0n) is 13.1. The molecule has 8 nitrogen and oxygen atoms in total. The van der Waals surface area contributed by atoms with Crippen molar-refractivity contribution in [3.8, 4) is 17.2 Å². The number of aliphatic carboxylic acids is 1. The average Bonchev–Trinajstić information content (AvgIpc) is 3.06. The second-order valence-electron chi connectivity index (χ2n) is 5.11. The number of rotatable bonds is 5. The van der Waals surface area contributed by atoms with Crippen molar-refractivity contribution in [1.82, 2.24) is 0 Å². The van der Waals surface area contributed by atoms with E-state index in [1.807, 2.05) is 0 Å². The number of nitro benzene ring substituents is 1. The summed E-state index contributed by atoms with van der Waals surface area (Å²) >= 11 is 0. The van der Waals surface area contributed by atoms with E-state index < -0.39 is 10.9 Å². The van der Waals surface area contributed by atoms with Crippen LogP contribution in [0.15, 0.2) is 36.4 Å². The second-order valence-corrected chi connectivity index (χ2v) is 5.11. The molecule has 0 aliphatic carbocycles. The first-order valence-electron chi connectivity index (χ1n) is 7.17. The summed E-state index contributed by atoms with van der Waals surface area (Å²) in [6.45, 7) is -0.0378. The highest BCUT2D eigenvalue weighted by atomic mass is 16.7. The van der Waals surface area contributed by atoms with Gasteiger partial charge in [0, 0.05) is 0 Å². The van der Waals surface area contributed by atoms with Crippen molar-refractivity contribution in [2.45, 2.75) is 0 Å². The standard InChI is InChI=1S/C17H13NO7/c1-23-12-4-2-10(3-5-12)13(17(19)20)6-11-7-15-16(25-9-24-15)8-14(11)18(21)22/h2-8H,9H2,1H3,(H,19,20). The predicted molar refractivity (Wildman–Crippen MR) is 87.7 cm³/mol. The summed E-state index contributed by atoms with van der Waals surface area (Å²) in [5.41, 5.74) is 0.142. The molecule has 0 unspecified atom stereocenters. The zero-order chi connectivity index (χ0) is 18.0. The van der Waals surface area contributed by atoms with Gasteiger partial charge in [-0.2, -0.15) is 0 Å². The van der Waals surface area contributed by atoms with Crippen molar-refractivity contribution in [2.75, 3.05) is 13.9 Å². The lowest BCUT2D eigenvalue weighted by Gasteiger charge is -2.06. The van der Waals surface area contributed by atoms with Crippen molar-refractivity contribution < 1.29 is 29.0 Å². The summed E-state index contributed by atoms with van der Waals surface area (Å²) in [6.07, 6.45) is 1.24. The third-order valence-electron chi connectivity index (χ3n) is 3.65. The quantitative estimate of drug-likeness (QED) is 0.385. The average molecular weight is 343 g/mol. The summed E-state index contributed by atoms with van der Waals surface area (Å²) in [6, 6.07) is 8.98. The molecule has 2 aromatic carbocycles. The lowest BCUT2D eigenvalue weighted by molar-refractivity contribution is -0.385. The Morgan fingerprint density at radius 1 is 1.24 bits per heavy atom. The lowest BCUT2D eigenvalue weighted by atomic mass is 10.0. The molecule has 8 heteroatoms. The molecule has 0 saturated heterocycles. The van der Waals surface area contributed by atoms with Crippen molar-refractivity contribution in [3.63, 3.8) is 0 Å². The molecule has 128 valence electrons. The number of carboxylic acid groups (broad SMARTS) is 1. The van der Waals surface area contributed by atoms with Crippen LogP contribution < -0.4 is 14.2 Å². The highest BCUT2D eigenvalue weighted by molar-refractivity contribution is 6.21. The lowest BCUT2D eigenvalue weighted by Crippen LogP contribution is -2.01. The Hall–Kier alpha value is -3.55. The maximum atomic E-state index is 11.6. The van der Waals surface area contributed by atoms with Crippen LogP contribution in [0.2, 0.25) is 0 Å². The van der Waals surface area contributed by atoms with Gasteiger partial charge < -0.3 is 19.3 Å². The van der Waals surface area contributed by atoms with Crippen molar-refractivity contribution in [1.29, 1.82) is 0 Å². The van der Waals surface area contributed by atoms with Crippen LogP contribution in [0.5, 0.6) is 17.2 Å². The van der Waals surface area contributed by atoms with Crippen LogP contribution in [-0.2, 0) is 4.79 Å². The summed E-state index contributed by atoms with van der Waals surface area (Å²) in [5, 5.41) is 20.8. The van der Waals surface area contributed by atoms with Crippen LogP contribution >= 0.6 is 0 Å². The SMILES string of the molecule is COc1ccc(C(=Cc2cc3c(cc2[N+](=O)[O-])OCO3)C(=O)O)cc1. The Labute approximate surface area is 142 Å². The third-order valence-corrected chi connectivity index (χ3v) is 3.65. The minimum Gasteiger partial charge on any atom is -0.497 e. The van der Waals surface area contributed by atoms with Crippen LogP contribution in [0, 0.1) is 10.1 Å². The van der Waals surface area contributed by atoms with Gasteiger partial charge in [-0.15, -0.1) is 0 Å². The first-order chi connectivity index (χ1) is 12.0. The topological polar surface area (TPSA) is 108 Å². The summed E-state index contributed by atoms with van der Waals surface area (Å²) in [7, 11) is 1.50. The first-order valence-corrected chi connectivity index (χ1v) is 7.17. The van der Waals surface area contributed by atoms with Gasteiger partial charge in [-0.3, -0.25) is 10.1 Å². The zero-order valence-corrected chi connectivity index (χ0v) is 13.1. The molecule has 0 spiro atoms. The molecule has 2 aromatic rings. The minimum absolute atomic E-state index is 0.0378. The van der Waals surface area contributed by atoms with Crippen LogP contribution in [0.4, 0.5) is 5.69 Å². The summed E-state index contributed by atoms with van der Waals surface area (Å²) in [5.74, 6) is -0.0545. The van der Waals surface area contributed by atoms with E-state index in [1.54, 1.807) is 24.3 Å². The number of carbonyl (C=O) groups is 1. The number of nitro groups is 1. The molecule has 0 radical (unpaired) electrons. The molecule has 25 heavy (non-hydrogen) atoms. The van der Waals surface area contributed by atoms with E-state index in [-0.39, 0.29) is 29.4 Å². The van der Waals surface area contributed by atoms with E-state index in [4.69, 9.17) is 14.2 Å². The fourth-order valence-electron chi connectivity index (χ4n) is 2.42. The number of carboxylic acids is 1. The molecule has 0 bridgehead atoms. The number of benzene rings is 2. The molecular weight excluding hydrogens is 330 g/mol. The maximum absolute atomic E-state index is 11.6. The van der Waals surface area contributed by atoms with Crippen LogP contribution in [0.3, 0.4) is 0 Å². The first kappa shape index (κ1) is 16.3. The Kier molecular flexibility index (Phi) is 4.25. The van der Waals surface area contributed by atoms with Gasteiger partial charge in [0.05, 0.1) is 29.2 Å².